The normalized spacial score (nSPS) is 20.9. The van der Waals surface area contributed by atoms with Crippen LogP contribution in [0.25, 0.3) is 0 Å². The molecule has 0 atom stereocenters. The Morgan fingerprint density at radius 2 is 1.73 bits per heavy atom. The summed E-state index contributed by atoms with van der Waals surface area (Å²) in [5, 5.41) is 8.58. The Balaban J connectivity index is 0. The van der Waals surface area contributed by atoms with E-state index in [0.29, 0.717) is 0 Å². The first-order chi connectivity index (χ1) is 5.27. The van der Waals surface area contributed by atoms with E-state index >= 15 is 0 Å². The number of hydrogen-bond donors (Lipinski definition) is 1. The van der Waals surface area contributed by atoms with Crippen molar-refractivity contribution in [1.82, 2.24) is 0 Å². The molecule has 1 saturated carbocycles. The lowest BCUT2D eigenvalue weighted by molar-refractivity contribution is 0.367. The van der Waals surface area contributed by atoms with Crippen molar-refractivity contribution in [3.63, 3.8) is 0 Å². The Hall–Kier alpha value is -0.550. The average molecular weight is 156 g/mol. The predicted octanol–water partition coefficient (Wildman–Crippen LogP) is 2.44. The van der Waals surface area contributed by atoms with E-state index in [0.717, 1.165) is 25.7 Å². The van der Waals surface area contributed by atoms with Crippen LogP contribution in [0.1, 0.15) is 47.4 Å². The molecular weight excluding hydrogens is 136 g/mol. The standard InChI is InChI=1S/C7H12N2.C2H6.H2/c8-6-7(9)4-2-1-3-5-7;1-2;/h1-5,9H2;1-2H3;1H. The van der Waals surface area contributed by atoms with E-state index in [9.17, 15) is 0 Å². The van der Waals surface area contributed by atoms with Crippen LogP contribution in [-0.2, 0) is 0 Å². The number of rotatable bonds is 0. The zero-order valence-corrected chi connectivity index (χ0v) is 7.56. The minimum Gasteiger partial charge on any atom is -0.313 e. The molecule has 0 aromatic heterocycles. The molecule has 0 heterocycles. The SMILES string of the molecule is CC.N#CC1(N)CCCCC1.[HH]. The number of nitrogens with zero attached hydrogens (tertiary/aromatic N) is 1. The minimum atomic E-state index is -0.474. The highest BCUT2D eigenvalue weighted by Crippen LogP contribution is 2.24. The van der Waals surface area contributed by atoms with Gasteiger partial charge in [-0.3, -0.25) is 0 Å². The van der Waals surface area contributed by atoms with E-state index < -0.39 is 5.54 Å². The first-order valence-corrected chi connectivity index (χ1v) is 4.47. The van der Waals surface area contributed by atoms with Gasteiger partial charge in [0, 0.05) is 1.43 Å². The molecule has 0 amide bonds. The van der Waals surface area contributed by atoms with Crippen LogP contribution in [0, 0.1) is 11.3 Å². The second-order valence-electron chi connectivity index (χ2n) is 2.83. The third kappa shape index (κ3) is 3.38. The van der Waals surface area contributed by atoms with Crippen LogP contribution in [0.2, 0.25) is 0 Å². The molecule has 1 rings (SSSR count). The highest BCUT2D eigenvalue weighted by molar-refractivity contribution is 5.05. The van der Waals surface area contributed by atoms with Crippen molar-refractivity contribution in [3.05, 3.63) is 0 Å². The van der Waals surface area contributed by atoms with Gasteiger partial charge in [-0.1, -0.05) is 33.1 Å². The Morgan fingerprint density at radius 1 is 1.27 bits per heavy atom. The van der Waals surface area contributed by atoms with Gasteiger partial charge in [-0.15, -0.1) is 0 Å². The molecule has 1 aliphatic rings. The third-order valence-corrected chi connectivity index (χ3v) is 1.97. The van der Waals surface area contributed by atoms with Crippen molar-refractivity contribution in [2.75, 3.05) is 0 Å². The molecule has 0 unspecified atom stereocenters. The van der Waals surface area contributed by atoms with E-state index in [4.69, 9.17) is 11.0 Å². The van der Waals surface area contributed by atoms with Crippen molar-refractivity contribution >= 4 is 0 Å². The summed E-state index contributed by atoms with van der Waals surface area (Å²) in [6, 6.07) is 2.16. The number of nitriles is 1. The molecular formula is C9H20N2. The topological polar surface area (TPSA) is 49.8 Å². The van der Waals surface area contributed by atoms with E-state index in [2.05, 4.69) is 6.07 Å². The molecule has 2 heteroatoms. The van der Waals surface area contributed by atoms with Gasteiger partial charge in [-0.25, -0.2) is 0 Å². The molecule has 2 nitrogen and oxygen atoms in total. The Kier molecular flexibility index (Phi) is 4.89. The smallest absolute Gasteiger partial charge is 0.104 e. The second-order valence-corrected chi connectivity index (χ2v) is 2.83. The first-order valence-electron chi connectivity index (χ1n) is 4.47. The van der Waals surface area contributed by atoms with Crippen LogP contribution < -0.4 is 5.73 Å². The van der Waals surface area contributed by atoms with E-state index in [1.165, 1.54) is 6.42 Å². The Morgan fingerprint density at radius 3 is 2.00 bits per heavy atom. The molecule has 11 heavy (non-hydrogen) atoms. The predicted molar refractivity (Wildman–Crippen MR) is 49.1 cm³/mol. The van der Waals surface area contributed by atoms with Gasteiger partial charge in [-0.2, -0.15) is 5.26 Å². The lowest BCUT2D eigenvalue weighted by Crippen LogP contribution is -2.39. The summed E-state index contributed by atoms with van der Waals surface area (Å²) >= 11 is 0. The molecule has 0 spiro atoms. The summed E-state index contributed by atoms with van der Waals surface area (Å²) in [5.41, 5.74) is 5.22. The lowest BCUT2D eigenvalue weighted by Gasteiger charge is -2.25. The number of nitrogens with two attached hydrogens (primary N) is 1. The summed E-state index contributed by atoms with van der Waals surface area (Å²) in [7, 11) is 0. The largest absolute Gasteiger partial charge is 0.313 e. The molecule has 1 aliphatic carbocycles. The van der Waals surface area contributed by atoms with Gasteiger partial charge < -0.3 is 5.73 Å². The third-order valence-electron chi connectivity index (χ3n) is 1.97. The van der Waals surface area contributed by atoms with Gasteiger partial charge in [-0.05, 0) is 12.8 Å². The fourth-order valence-corrected chi connectivity index (χ4v) is 1.29. The highest BCUT2D eigenvalue weighted by Gasteiger charge is 2.26. The lowest BCUT2D eigenvalue weighted by atomic mass is 9.84. The number of hydrogen-bond acceptors (Lipinski definition) is 2. The van der Waals surface area contributed by atoms with Crippen molar-refractivity contribution in [2.24, 2.45) is 5.73 Å². The molecule has 1 fully saturated rings. The van der Waals surface area contributed by atoms with Gasteiger partial charge in [0.15, 0.2) is 0 Å². The van der Waals surface area contributed by atoms with Crippen LogP contribution in [0.5, 0.6) is 0 Å². The summed E-state index contributed by atoms with van der Waals surface area (Å²) < 4.78 is 0. The Labute approximate surface area is 70.9 Å². The summed E-state index contributed by atoms with van der Waals surface area (Å²) in [6.07, 6.45) is 5.29. The van der Waals surface area contributed by atoms with Crippen LogP contribution >= 0.6 is 0 Å². The van der Waals surface area contributed by atoms with Crippen molar-refractivity contribution < 1.29 is 1.43 Å². The molecule has 0 saturated heterocycles. The second kappa shape index (κ2) is 5.15. The average Bonchev–Trinajstić information content (AvgIpc) is 2.10. The van der Waals surface area contributed by atoms with Crippen molar-refractivity contribution in [3.8, 4) is 6.07 Å². The molecule has 66 valence electrons. The molecule has 2 N–H and O–H groups in total. The van der Waals surface area contributed by atoms with Crippen LogP contribution in [0.4, 0.5) is 0 Å². The van der Waals surface area contributed by atoms with E-state index in [-0.39, 0.29) is 1.43 Å². The first kappa shape index (κ1) is 10.4. The van der Waals surface area contributed by atoms with Gasteiger partial charge in [0.1, 0.15) is 5.54 Å². The maximum Gasteiger partial charge on any atom is 0.104 e. The van der Waals surface area contributed by atoms with Gasteiger partial charge in [0.2, 0.25) is 0 Å². The van der Waals surface area contributed by atoms with Crippen molar-refractivity contribution in [1.29, 1.82) is 5.26 Å². The van der Waals surface area contributed by atoms with E-state index in [1.807, 2.05) is 13.8 Å². The maximum absolute atomic E-state index is 8.58. The Bertz CT molecular complexity index is 134. The molecule has 0 aromatic carbocycles. The monoisotopic (exact) mass is 156 g/mol. The quantitative estimate of drug-likeness (QED) is 0.585. The van der Waals surface area contributed by atoms with Gasteiger partial charge in [0.05, 0.1) is 6.07 Å². The molecule has 0 radical (unpaired) electrons. The maximum atomic E-state index is 8.58. The zero-order valence-electron chi connectivity index (χ0n) is 7.56. The molecule has 0 aliphatic heterocycles. The summed E-state index contributed by atoms with van der Waals surface area (Å²) in [4.78, 5) is 0. The van der Waals surface area contributed by atoms with Crippen LogP contribution in [0.3, 0.4) is 0 Å². The highest BCUT2D eigenvalue weighted by atomic mass is 14.7. The van der Waals surface area contributed by atoms with Crippen LogP contribution in [0.15, 0.2) is 0 Å². The molecule has 0 bridgehead atoms. The fraction of sp³-hybridized carbons (Fsp3) is 0.889. The van der Waals surface area contributed by atoms with Gasteiger partial charge >= 0.3 is 0 Å². The van der Waals surface area contributed by atoms with E-state index in [1.54, 1.807) is 0 Å². The zero-order chi connectivity index (χ0) is 8.74. The van der Waals surface area contributed by atoms with Crippen molar-refractivity contribution in [2.45, 2.75) is 51.5 Å². The summed E-state index contributed by atoms with van der Waals surface area (Å²) in [6.45, 7) is 4.00. The summed E-state index contributed by atoms with van der Waals surface area (Å²) in [5.74, 6) is 0. The fourth-order valence-electron chi connectivity index (χ4n) is 1.29. The van der Waals surface area contributed by atoms with Gasteiger partial charge in [0.25, 0.3) is 0 Å². The molecule has 0 aromatic rings. The minimum absolute atomic E-state index is 0. The van der Waals surface area contributed by atoms with Crippen LogP contribution in [-0.4, -0.2) is 5.54 Å².